The molecule has 3 rings (SSSR count). The first-order valence-electron chi connectivity index (χ1n) is 7.60. The van der Waals surface area contributed by atoms with Crippen molar-refractivity contribution >= 4 is 23.1 Å². The number of rotatable bonds is 5. The van der Waals surface area contributed by atoms with Crippen LogP contribution < -0.4 is 0 Å². The molecule has 122 valence electrons. The monoisotopic (exact) mass is 324 g/mol. The van der Waals surface area contributed by atoms with Gasteiger partial charge in [0.2, 0.25) is 5.91 Å². The second-order valence-electron chi connectivity index (χ2n) is 5.73. The largest absolute Gasteiger partial charge is 0.340 e. The molecule has 0 N–H and O–H groups in total. The molecule has 0 saturated carbocycles. The number of hydrogen-bond donors (Lipinski definition) is 0. The molecule has 0 aliphatic heterocycles. The van der Waals surface area contributed by atoms with Gasteiger partial charge in [-0.3, -0.25) is 9.59 Å². The quantitative estimate of drug-likeness (QED) is 0.676. The normalized spacial score (nSPS) is 10.8. The van der Waals surface area contributed by atoms with Crippen LogP contribution in [0.4, 0.5) is 4.39 Å². The van der Waals surface area contributed by atoms with Crippen molar-refractivity contribution in [1.82, 2.24) is 9.47 Å². The molecule has 0 saturated heterocycles. The molecular formula is C19H17FN2O2. The van der Waals surface area contributed by atoms with Crippen molar-refractivity contribution in [3.63, 3.8) is 0 Å². The smallest absolute Gasteiger partial charge is 0.242 e. The van der Waals surface area contributed by atoms with Crippen molar-refractivity contribution in [2.45, 2.75) is 13.1 Å². The fraction of sp³-hybridized carbons (Fsp3) is 0.158. The lowest BCUT2D eigenvalue weighted by Gasteiger charge is -2.18. The van der Waals surface area contributed by atoms with Gasteiger partial charge in [0.15, 0.2) is 6.29 Å². The van der Waals surface area contributed by atoms with Crippen LogP contribution in [0.1, 0.15) is 15.9 Å². The van der Waals surface area contributed by atoms with Crippen LogP contribution in [-0.2, 0) is 17.9 Å². The van der Waals surface area contributed by atoms with E-state index in [2.05, 4.69) is 0 Å². The molecule has 2 aromatic carbocycles. The van der Waals surface area contributed by atoms with Crippen molar-refractivity contribution in [2.75, 3.05) is 7.05 Å². The molecular weight excluding hydrogens is 307 g/mol. The molecule has 0 aliphatic rings. The van der Waals surface area contributed by atoms with Crippen LogP contribution >= 0.6 is 0 Å². The summed E-state index contributed by atoms with van der Waals surface area (Å²) >= 11 is 0. The third kappa shape index (κ3) is 3.20. The van der Waals surface area contributed by atoms with Gasteiger partial charge in [-0.25, -0.2) is 4.39 Å². The van der Waals surface area contributed by atoms with Gasteiger partial charge in [-0.05, 0) is 23.8 Å². The van der Waals surface area contributed by atoms with Crippen LogP contribution in [0.25, 0.3) is 10.9 Å². The Labute approximate surface area is 139 Å². The highest BCUT2D eigenvalue weighted by molar-refractivity contribution is 5.98. The Morgan fingerprint density at radius 2 is 1.96 bits per heavy atom. The summed E-state index contributed by atoms with van der Waals surface area (Å²) in [4.78, 5) is 25.3. The van der Waals surface area contributed by atoms with Crippen LogP contribution in [0, 0.1) is 5.82 Å². The minimum Gasteiger partial charge on any atom is -0.340 e. The van der Waals surface area contributed by atoms with Gasteiger partial charge >= 0.3 is 0 Å². The first-order valence-corrected chi connectivity index (χ1v) is 7.60. The molecule has 0 aliphatic carbocycles. The molecule has 1 aromatic heterocycles. The zero-order valence-electron chi connectivity index (χ0n) is 13.3. The van der Waals surface area contributed by atoms with Crippen molar-refractivity contribution in [3.05, 3.63) is 71.7 Å². The van der Waals surface area contributed by atoms with Gasteiger partial charge < -0.3 is 9.47 Å². The predicted molar refractivity (Wildman–Crippen MR) is 90.2 cm³/mol. The van der Waals surface area contributed by atoms with Crippen LogP contribution in [0.15, 0.2) is 54.7 Å². The van der Waals surface area contributed by atoms with Crippen LogP contribution in [0.2, 0.25) is 0 Å². The summed E-state index contributed by atoms with van der Waals surface area (Å²) in [6, 6.07) is 13.9. The van der Waals surface area contributed by atoms with Gasteiger partial charge in [0.05, 0.1) is 0 Å². The van der Waals surface area contributed by atoms with E-state index in [0.29, 0.717) is 29.3 Å². The summed E-state index contributed by atoms with van der Waals surface area (Å²) in [7, 11) is 1.74. The van der Waals surface area contributed by atoms with Gasteiger partial charge in [-0.1, -0.05) is 30.3 Å². The summed E-state index contributed by atoms with van der Waals surface area (Å²) in [6.07, 6.45) is 2.27. The number of carbonyl (C=O) groups excluding carboxylic acids is 2. The number of benzene rings is 2. The number of aldehydes is 1. The second kappa shape index (κ2) is 6.66. The average molecular weight is 324 g/mol. The fourth-order valence-electron chi connectivity index (χ4n) is 2.73. The van der Waals surface area contributed by atoms with Gasteiger partial charge in [0.1, 0.15) is 12.4 Å². The molecule has 5 heteroatoms. The van der Waals surface area contributed by atoms with Crippen molar-refractivity contribution in [2.24, 2.45) is 0 Å². The summed E-state index contributed by atoms with van der Waals surface area (Å²) < 4.78 is 15.1. The third-order valence-electron chi connectivity index (χ3n) is 3.99. The van der Waals surface area contributed by atoms with E-state index >= 15 is 0 Å². The van der Waals surface area contributed by atoms with Gasteiger partial charge in [-0.15, -0.1) is 0 Å². The molecule has 0 bridgehead atoms. The highest BCUT2D eigenvalue weighted by Gasteiger charge is 2.14. The van der Waals surface area contributed by atoms with Gasteiger partial charge in [0.25, 0.3) is 0 Å². The van der Waals surface area contributed by atoms with E-state index in [4.69, 9.17) is 0 Å². The van der Waals surface area contributed by atoms with E-state index in [0.717, 1.165) is 5.56 Å². The standard InChI is InChI=1S/C19H17FN2O2/c1-21(10-14-5-3-2-4-6-14)19(24)12-22-11-15(13-23)17-9-16(20)7-8-18(17)22/h2-9,11,13H,10,12H2,1H3. The van der Waals surface area contributed by atoms with Crippen LogP contribution in [0.5, 0.6) is 0 Å². The zero-order chi connectivity index (χ0) is 17.1. The minimum atomic E-state index is -0.407. The molecule has 0 radical (unpaired) electrons. The zero-order valence-corrected chi connectivity index (χ0v) is 13.3. The van der Waals surface area contributed by atoms with Gasteiger partial charge in [0, 0.05) is 36.3 Å². The molecule has 1 heterocycles. The number of amides is 1. The lowest BCUT2D eigenvalue weighted by atomic mass is 10.2. The lowest BCUT2D eigenvalue weighted by Crippen LogP contribution is -2.29. The average Bonchev–Trinajstić information content (AvgIpc) is 2.92. The topological polar surface area (TPSA) is 42.3 Å². The van der Waals surface area contributed by atoms with Crippen molar-refractivity contribution in [1.29, 1.82) is 0 Å². The summed E-state index contributed by atoms with van der Waals surface area (Å²) in [5, 5.41) is 0.517. The predicted octanol–water partition coefficient (Wildman–Crippen LogP) is 3.25. The van der Waals surface area contributed by atoms with E-state index in [9.17, 15) is 14.0 Å². The van der Waals surface area contributed by atoms with E-state index < -0.39 is 5.82 Å². The first-order chi connectivity index (χ1) is 11.6. The summed E-state index contributed by atoms with van der Waals surface area (Å²) in [5.74, 6) is -0.492. The molecule has 0 atom stereocenters. The Morgan fingerprint density at radius 3 is 2.67 bits per heavy atom. The number of fused-ring (bicyclic) bond motifs is 1. The number of hydrogen-bond acceptors (Lipinski definition) is 2. The maximum atomic E-state index is 13.4. The number of nitrogens with zero attached hydrogens (tertiary/aromatic N) is 2. The Morgan fingerprint density at radius 1 is 1.21 bits per heavy atom. The number of likely N-dealkylation sites (N-methyl/N-ethyl adjacent to an activating group) is 1. The fourth-order valence-corrected chi connectivity index (χ4v) is 2.73. The highest BCUT2D eigenvalue weighted by atomic mass is 19.1. The van der Waals surface area contributed by atoms with Crippen molar-refractivity contribution < 1.29 is 14.0 Å². The molecule has 0 unspecified atom stereocenters. The molecule has 4 nitrogen and oxygen atoms in total. The Hall–Kier alpha value is -2.95. The summed E-state index contributed by atoms with van der Waals surface area (Å²) in [6.45, 7) is 0.605. The molecule has 1 amide bonds. The van der Waals surface area contributed by atoms with E-state index in [-0.39, 0.29) is 12.5 Å². The van der Waals surface area contributed by atoms with Crippen molar-refractivity contribution in [3.8, 4) is 0 Å². The van der Waals surface area contributed by atoms with Crippen LogP contribution in [0.3, 0.4) is 0 Å². The van der Waals surface area contributed by atoms with E-state index in [1.807, 2.05) is 30.3 Å². The van der Waals surface area contributed by atoms with E-state index in [1.54, 1.807) is 28.8 Å². The number of aromatic nitrogens is 1. The Bertz CT molecular complexity index is 887. The maximum absolute atomic E-state index is 13.4. The SMILES string of the molecule is CN(Cc1ccccc1)C(=O)Cn1cc(C=O)c2cc(F)ccc21. The number of carbonyl (C=O) groups is 2. The molecule has 0 spiro atoms. The third-order valence-corrected chi connectivity index (χ3v) is 3.99. The molecule has 0 fully saturated rings. The molecule has 3 aromatic rings. The lowest BCUT2D eigenvalue weighted by molar-refractivity contribution is -0.131. The maximum Gasteiger partial charge on any atom is 0.242 e. The second-order valence-corrected chi connectivity index (χ2v) is 5.73. The van der Waals surface area contributed by atoms with Crippen LogP contribution in [-0.4, -0.2) is 28.7 Å². The van der Waals surface area contributed by atoms with E-state index in [1.165, 1.54) is 12.1 Å². The highest BCUT2D eigenvalue weighted by Crippen LogP contribution is 2.21. The summed E-state index contributed by atoms with van der Waals surface area (Å²) in [5.41, 5.74) is 2.09. The van der Waals surface area contributed by atoms with Gasteiger partial charge in [-0.2, -0.15) is 0 Å². The Balaban J connectivity index is 1.81. The number of halogens is 1. The Kier molecular flexibility index (Phi) is 4.42. The minimum absolute atomic E-state index is 0.0856. The molecule has 24 heavy (non-hydrogen) atoms. The first kappa shape index (κ1) is 15.9.